The Morgan fingerprint density at radius 1 is 1.18 bits per heavy atom. The number of aromatic nitrogens is 1. The van der Waals surface area contributed by atoms with Gasteiger partial charge in [-0.3, -0.25) is 9.99 Å². The van der Waals surface area contributed by atoms with Gasteiger partial charge in [0, 0.05) is 23.5 Å². The predicted molar refractivity (Wildman–Crippen MR) is 89.0 cm³/mol. The maximum absolute atomic E-state index is 4.56. The van der Waals surface area contributed by atoms with Gasteiger partial charge in [-0.15, -0.1) is 0 Å². The SMILES string of the molecule is Cc1ccc(C[NH+]2CCN(N=Cc3cccnc3)CC2)cc1. The van der Waals surface area contributed by atoms with E-state index in [-0.39, 0.29) is 0 Å². The molecule has 22 heavy (non-hydrogen) atoms. The minimum Gasteiger partial charge on any atom is -0.328 e. The molecule has 1 aliphatic rings. The van der Waals surface area contributed by atoms with Crippen LogP contribution in [0.15, 0.2) is 53.9 Å². The van der Waals surface area contributed by atoms with Crippen LogP contribution in [0.5, 0.6) is 0 Å². The quantitative estimate of drug-likeness (QED) is 0.858. The summed E-state index contributed by atoms with van der Waals surface area (Å²) in [5, 5.41) is 6.72. The monoisotopic (exact) mass is 295 g/mol. The molecule has 1 aliphatic heterocycles. The van der Waals surface area contributed by atoms with Gasteiger partial charge in [0.1, 0.15) is 6.54 Å². The first kappa shape index (κ1) is 14.7. The van der Waals surface area contributed by atoms with Crippen molar-refractivity contribution in [3.05, 3.63) is 65.5 Å². The summed E-state index contributed by atoms with van der Waals surface area (Å²) in [4.78, 5) is 5.74. The Bertz CT molecular complexity index is 599. The van der Waals surface area contributed by atoms with Crippen molar-refractivity contribution in [1.82, 2.24) is 9.99 Å². The van der Waals surface area contributed by atoms with E-state index in [0.29, 0.717) is 0 Å². The Kier molecular flexibility index (Phi) is 4.81. The molecule has 1 aromatic heterocycles. The van der Waals surface area contributed by atoms with Crippen LogP contribution in [0, 0.1) is 6.92 Å². The van der Waals surface area contributed by atoms with Crippen LogP contribution >= 0.6 is 0 Å². The van der Waals surface area contributed by atoms with Crippen molar-refractivity contribution < 1.29 is 4.90 Å². The third-order valence-electron chi connectivity index (χ3n) is 4.08. The number of nitrogens with zero attached hydrogens (tertiary/aromatic N) is 3. The lowest BCUT2D eigenvalue weighted by molar-refractivity contribution is -0.918. The topological polar surface area (TPSA) is 32.9 Å². The number of benzene rings is 1. The van der Waals surface area contributed by atoms with E-state index in [1.54, 1.807) is 11.1 Å². The van der Waals surface area contributed by atoms with E-state index >= 15 is 0 Å². The van der Waals surface area contributed by atoms with Gasteiger partial charge in [-0.2, -0.15) is 5.10 Å². The first-order valence-electron chi connectivity index (χ1n) is 7.88. The molecule has 3 rings (SSSR count). The standard InChI is InChI=1S/C18H22N4/c1-16-4-6-17(7-5-16)15-21-9-11-22(12-10-21)20-14-18-3-2-8-19-13-18/h2-8,13-14H,9-12,15H2,1H3/p+1. The van der Waals surface area contributed by atoms with Crippen LogP contribution in [-0.4, -0.2) is 42.4 Å². The predicted octanol–water partition coefficient (Wildman–Crippen LogP) is 1.12. The highest BCUT2D eigenvalue weighted by atomic mass is 15.5. The van der Waals surface area contributed by atoms with Gasteiger partial charge in [0.2, 0.25) is 0 Å². The second-order valence-corrected chi connectivity index (χ2v) is 5.90. The number of hydrazone groups is 1. The van der Waals surface area contributed by atoms with Crippen molar-refractivity contribution in [1.29, 1.82) is 0 Å². The fraction of sp³-hybridized carbons (Fsp3) is 0.333. The van der Waals surface area contributed by atoms with E-state index in [4.69, 9.17) is 0 Å². The lowest BCUT2D eigenvalue weighted by Crippen LogP contribution is -3.13. The van der Waals surface area contributed by atoms with E-state index in [9.17, 15) is 0 Å². The highest BCUT2D eigenvalue weighted by Gasteiger charge is 2.18. The highest BCUT2D eigenvalue weighted by Crippen LogP contribution is 2.02. The summed E-state index contributed by atoms with van der Waals surface area (Å²) >= 11 is 0. The van der Waals surface area contributed by atoms with E-state index in [1.165, 1.54) is 11.1 Å². The molecule has 4 nitrogen and oxygen atoms in total. The molecule has 0 radical (unpaired) electrons. The van der Waals surface area contributed by atoms with E-state index in [0.717, 1.165) is 38.3 Å². The van der Waals surface area contributed by atoms with E-state index < -0.39 is 0 Å². The summed E-state index contributed by atoms with van der Waals surface area (Å²) in [5.74, 6) is 0. The molecule has 2 heterocycles. The Morgan fingerprint density at radius 3 is 2.64 bits per heavy atom. The fourth-order valence-electron chi connectivity index (χ4n) is 2.70. The Hall–Kier alpha value is -2.20. The number of nitrogens with one attached hydrogen (secondary N) is 1. The van der Waals surface area contributed by atoms with Gasteiger partial charge in [0.15, 0.2) is 0 Å². The summed E-state index contributed by atoms with van der Waals surface area (Å²) in [6.45, 7) is 7.54. The van der Waals surface area contributed by atoms with Crippen molar-refractivity contribution >= 4 is 6.21 Å². The fourth-order valence-corrected chi connectivity index (χ4v) is 2.70. The van der Waals surface area contributed by atoms with Crippen molar-refractivity contribution in [2.45, 2.75) is 13.5 Å². The van der Waals surface area contributed by atoms with Gasteiger partial charge >= 0.3 is 0 Å². The van der Waals surface area contributed by atoms with Gasteiger partial charge in [0.25, 0.3) is 0 Å². The molecule has 0 saturated carbocycles. The molecular weight excluding hydrogens is 272 g/mol. The summed E-state index contributed by atoms with van der Waals surface area (Å²) in [6.07, 6.45) is 5.52. The lowest BCUT2D eigenvalue weighted by atomic mass is 10.1. The van der Waals surface area contributed by atoms with Gasteiger partial charge in [-0.05, 0) is 13.0 Å². The molecule has 0 atom stereocenters. The number of quaternary nitrogens is 1. The summed E-state index contributed by atoms with van der Waals surface area (Å²) in [5.41, 5.74) is 3.80. The van der Waals surface area contributed by atoms with E-state index in [2.05, 4.69) is 46.3 Å². The lowest BCUT2D eigenvalue weighted by Gasteiger charge is -2.30. The number of rotatable bonds is 4. The molecule has 1 N–H and O–H groups in total. The number of pyridine rings is 1. The summed E-state index contributed by atoms with van der Waals surface area (Å²) < 4.78 is 0. The van der Waals surface area contributed by atoms with Crippen LogP contribution < -0.4 is 4.90 Å². The Labute approximate surface area is 132 Å². The molecule has 1 fully saturated rings. The normalized spacial score (nSPS) is 16.3. The zero-order valence-electron chi connectivity index (χ0n) is 13.1. The van der Waals surface area contributed by atoms with Crippen LogP contribution in [0.2, 0.25) is 0 Å². The maximum atomic E-state index is 4.56. The van der Waals surface area contributed by atoms with Crippen molar-refractivity contribution in [3.63, 3.8) is 0 Å². The third-order valence-corrected chi connectivity index (χ3v) is 4.08. The van der Waals surface area contributed by atoms with Crippen LogP contribution in [0.25, 0.3) is 0 Å². The Balaban J connectivity index is 1.48. The average Bonchev–Trinajstić information content (AvgIpc) is 2.57. The number of hydrogen-bond donors (Lipinski definition) is 1. The number of piperazine rings is 1. The van der Waals surface area contributed by atoms with Gasteiger partial charge in [0.05, 0.1) is 32.4 Å². The third kappa shape index (κ3) is 4.15. The minimum absolute atomic E-state index is 1.01. The molecular formula is C18H23N4+. The molecule has 4 heteroatoms. The molecule has 0 bridgehead atoms. The Morgan fingerprint density at radius 2 is 1.95 bits per heavy atom. The zero-order chi connectivity index (χ0) is 15.2. The minimum atomic E-state index is 1.01. The first-order chi connectivity index (χ1) is 10.8. The van der Waals surface area contributed by atoms with E-state index in [1.807, 2.05) is 24.5 Å². The first-order valence-corrected chi connectivity index (χ1v) is 7.88. The van der Waals surface area contributed by atoms with Crippen molar-refractivity contribution in [3.8, 4) is 0 Å². The van der Waals surface area contributed by atoms with Crippen molar-refractivity contribution in [2.24, 2.45) is 5.10 Å². The molecule has 0 aliphatic carbocycles. The maximum Gasteiger partial charge on any atom is 0.103 e. The van der Waals surface area contributed by atoms with Gasteiger partial charge < -0.3 is 4.90 Å². The molecule has 2 aromatic rings. The molecule has 0 unspecified atom stereocenters. The van der Waals surface area contributed by atoms with Gasteiger partial charge in [-0.1, -0.05) is 35.9 Å². The number of aryl methyl sites for hydroxylation is 1. The molecule has 1 saturated heterocycles. The zero-order valence-corrected chi connectivity index (χ0v) is 13.1. The smallest absolute Gasteiger partial charge is 0.103 e. The molecule has 0 spiro atoms. The molecule has 0 amide bonds. The highest BCUT2D eigenvalue weighted by molar-refractivity contribution is 5.78. The van der Waals surface area contributed by atoms with Crippen LogP contribution in [0.3, 0.4) is 0 Å². The summed E-state index contributed by atoms with van der Waals surface area (Å²) in [7, 11) is 0. The van der Waals surface area contributed by atoms with Crippen LogP contribution in [0.4, 0.5) is 0 Å². The molecule has 114 valence electrons. The largest absolute Gasteiger partial charge is 0.328 e. The number of hydrogen-bond acceptors (Lipinski definition) is 3. The molecule has 1 aromatic carbocycles. The second-order valence-electron chi connectivity index (χ2n) is 5.90. The van der Waals surface area contributed by atoms with Crippen molar-refractivity contribution in [2.75, 3.05) is 26.2 Å². The average molecular weight is 295 g/mol. The summed E-state index contributed by atoms with van der Waals surface area (Å²) in [6, 6.07) is 12.8. The second kappa shape index (κ2) is 7.18. The van der Waals surface area contributed by atoms with Crippen LogP contribution in [-0.2, 0) is 6.54 Å². The van der Waals surface area contributed by atoms with Gasteiger partial charge in [-0.25, -0.2) is 0 Å². The van der Waals surface area contributed by atoms with Crippen LogP contribution in [0.1, 0.15) is 16.7 Å².